The maximum Gasteiger partial charge on any atom is 0.327 e. The van der Waals surface area contributed by atoms with Gasteiger partial charge >= 0.3 is 11.7 Å². The Hall–Kier alpha value is -2.22. The quantitative estimate of drug-likeness (QED) is 0.601. The van der Waals surface area contributed by atoms with Crippen molar-refractivity contribution in [2.45, 2.75) is 18.4 Å². The SMILES string of the molecule is NC(COc1c(F)cccc1[N+](=O)[O-])(C(=O)O)C1CC1. The number of halogens is 1. The molecule has 1 unspecified atom stereocenters. The number of nitrogens with zero attached hydrogens (tertiary/aromatic N) is 1. The fraction of sp³-hybridized carbons (Fsp3) is 0.417. The molecule has 0 saturated heterocycles. The molecular weight excluding hydrogens is 271 g/mol. The molecule has 3 N–H and O–H groups in total. The molecule has 0 aromatic heterocycles. The largest absolute Gasteiger partial charge is 0.482 e. The van der Waals surface area contributed by atoms with Crippen LogP contribution in [-0.2, 0) is 4.79 Å². The van der Waals surface area contributed by atoms with Crippen molar-refractivity contribution in [3.05, 3.63) is 34.1 Å². The summed E-state index contributed by atoms with van der Waals surface area (Å²) in [7, 11) is 0. The Kier molecular flexibility index (Phi) is 3.58. The Morgan fingerprint density at radius 2 is 2.25 bits per heavy atom. The van der Waals surface area contributed by atoms with Gasteiger partial charge in [-0.25, -0.2) is 4.39 Å². The number of aliphatic carboxylic acids is 1. The van der Waals surface area contributed by atoms with E-state index in [0.29, 0.717) is 12.8 Å². The van der Waals surface area contributed by atoms with Crippen LogP contribution in [0.1, 0.15) is 12.8 Å². The van der Waals surface area contributed by atoms with Crippen molar-refractivity contribution < 1.29 is 24.0 Å². The molecule has 1 atom stereocenters. The van der Waals surface area contributed by atoms with Crippen molar-refractivity contribution in [3.63, 3.8) is 0 Å². The van der Waals surface area contributed by atoms with Crippen LogP contribution < -0.4 is 10.5 Å². The van der Waals surface area contributed by atoms with Crippen molar-refractivity contribution in [3.8, 4) is 5.75 Å². The number of ether oxygens (including phenoxy) is 1. The molecule has 7 nitrogen and oxygen atoms in total. The number of carboxylic acid groups (broad SMARTS) is 1. The predicted octanol–water partition coefficient (Wildman–Crippen LogP) is 1.30. The molecule has 20 heavy (non-hydrogen) atoms. The van der Waals surface area contributed by atoms with E-state index in [1.807, 2.05) is 0 Å². The van der Waals surface area contributed by atoms with E-state index in [1.165, 1.54) is 6.07 Å². The molecule has 8 heteroatoms. The molecule has 1 saturated carbocycles. The number of nitro groups is 1. The van der Waals surface area contributed by atoms with Gasteiger partial charge in [0.05, 0.1) is 4.92 Å². The molecule has 108 valence electrons. The maximum absolute atomic E-state index is 13.6. The van der Waals surface area contributed by atoms with Crippen LogP contribution in [0.2, 0.25) is 0 Å². The molecular formula is C12H13FN2O5. The van der Waals surface area contributed by atoms with Crippen LogP contribution >= 0.6 is 0 Å². The Morgan fingerprint density at radius 3 is 2.75 bits per heavy atom. The number of nitrogens with two attached hydrogens (primary N) is 1. The van der Waals surface area contributed by atoms with E-state index < -0.39 is 40.3 Å². The highest BCUT2D eigenvalue weighted by Gasteiger charge is 2.49. The first-order chi connectivity index (χ1) is 9.36. The smallest absolute Gasteiger partial charge is 0.327 e. The number of nitro benzene ring substituents is 1. The summed E-state index contributed by atoms with van der Waals surface area (Å²) < 4.78 is 18.6. The Bertz CT molecular complexity index is 561. The number of benzene rings is 1. The molecule has 0 spiro atoms. The van der Waals surface area contributed by atoms with Crippen LogP contribution in [0.25, 0.3) is 0 Å². The first kappa shape index (κ1) is 14.2. The number of hydrogen-bond donors (Lipinski definition) is 2. The van der Waals surface area contributed by atoms with Crippen LogP contribution in [-0.4, -0.2) is 28.1 Å². The van der Waals surface area contributed by atoms with E-state index in [0.717, 1.165) is 12.1 Å². The van der Waals surface area contributed by atoms with Gasteiger partial charge in [-0.1, -0.05) is 6.07 Å². The van der Waals surface area contributed by atoms with E-state index in [9.17, 15) is 19.3 Å². The summed E-state index contributed by atoms with van der Waals surface area (Å²) in [5.41, 5.74) is 3.54. The van der Waals surface area contributed by atoms with Crippen LogP contribution in [0.5, 0.6) is 5.75 Å². The summed E-state index contributed by atoms with van der Waals surface area (Å²) in [5.74, 6) is -3.04. The van der Waals surface area contributed by atoms with Gasteiger partial charge in [-0.05, 0) is 24.8 Å². The lowest BCUT2D eigenvalue weighted by molar-refractivity contribution is -0.386. The zero-order valence-electron chi connectivity index (χ0n) is 10.4. The highest BCUT2D eigenvalue weighted by atomic mass is 19.1. The maximum atomic E-state index is 13.6. The Balaban J connectivity index is 2.22. The summed E-state index contributed by atoms with van der Waals surface area (Å²) in [5, 5.41) is 19.9. The zero-order valence-corrected chi connectivity index (χ0v) is 10.4. The second-order valence-electron chi connectivity index (χ2n) is 4.75. The van der Waals surface area contributed by atoms with Gasteiger partial charge in [0, 0.05) is 6.07 Å². The number of rotatable bonds is 6. The molecule has 1 aliphatic rings. The molecule has 1 aromatic rings. The molecule has 0 aliphatic heterocycles. The molecule has 0 amide bonds. The zero-order chi connectivity index (χ0) is 14.9. The fourth-order valence-corrected chi connectivity index (χ4v) is 1.93. The van der Waals surface area contributed by atoms with Crippen molar-refractivity contribution in [2.24, 2.45) is 11.7 Å². The monoisotopic (exact) mass is 284 g/mol. The van der Waals surface area contributed by atoms with E-state index in [-0.39, 0.29) is 5.92 Å². The second-order valence-corrected chi connectivity index (χ2v) is 4.75. The third kappa shape index (κ3) is 2.55. The third-order valence-corrected chi connectivity index (χ3v) is 3.30. The van der Waals surface area contributed by atoms with Crippen LogP contribution in [0.4, 0.5) is 10.1 Å². The van der Waals surface area contributed by atoms with Crippen molar-refractivity contribution in [1.29, 1.82) is 0 Å². The lowest BCUT2D eigenvalue weighted by atomic mass is 9.96. The number of carbonyl (C=O) groups is 1. The third-order valence-electron chi connectivity index (χ3n) is 3.30. The second kappa shape index (κ2) is 5.04. The summed E-state index contributed by atoms with van der Waals surface area (Å²) >= 11 is 0. The Morgan fingerprint density at radius 1 is 1.60 bits per heavy atom. The van der Waals surface area contributed by atoms with E-state index >= 15 is 0 Å². The number of hydrogen-bond acceptors (Lipinski definition) is 5. The molecule has 1 aromatic carbocycles. The summed E-state index contributed by atoms with van der Waals surface area (Å²) in [6.45, 7) is -0.519. The molecule has 0 heterocycles. The topological polar surface area (TPSA) is 116 Å². The highest BCUT2D eigenvalue weighted by molar-refractivity contribution is 5.79. The molecule has 1 fully saturated rings. The van der Waals surface area contributed by atoms with E-state index in [1.54, 1.807) is 0 Å². The normalized spacial score (nSPS) is 17.3. The van der Waals surface area contributed by atoms with Gasteiger partial charge in [0.15, 0.2) is 11.4 Å². The van der Waals surface area contributed by atoms with Gasteiger partial charge in [-0.15, -0.1) is 0 Å². The lowest BCUT2D eigenvalue weighted by Gasteiger charge is -2.24. The highest BCUT2D eigenvalue weighted by Crippen LogP contribution is 2.39. The Labute approximate surface area is 113 Å². The standard InChI is InChI=1S/C12H13FN2O5/c13-8-2-1-3-9(15(18)19)10(8)20-6-12(14,11(16)17)7-4-5-7/h1-3,7H,4-6,14H2,(H,16,17). The average molecular weight is 284 g/mol. The van der Waals surface area contributed by atoms with Gasteiger partial charge in [-0.3, -0.25) is 14.9 Å². The molecule has 1 aliphatic carbocycles. The van der Waals surface area contributed by atoms with E-state index in [2.05, 4.69) is 0 Å². The van der Waals surface area contributed by atoms with Crippen molar-refractivity contribution >= 4 is 11.7 Å². The van der Waals surface area contributed by atoms with Crippen molar-refractivity contribution in [1.82, 2.24) is 0 Å². The minimum atomic E-state index is -1.66. The van der Waals surface area contributed by atoms with Gasteiger partial charge in [0.2, 0.25) is 5.75 Å². The van der Waals surface area contributed by atoms with Crippen LogP contribution in [0.3, 0.4) is 0 Å². The molecule has 0 radical (unpaired) electrons. The lowest BCUT2D eigenvalue weighted by Crippen LogP contribution is -2.54. The number of carboxylic acids is 1. The van der Waals surface area contributed by atoms with Gasteiger partial charge in [0.1, 0.15) is 6.61 Å². The molecule has 0 bridgehead atoms. The van der Waals surface area contributed by atoms with Crippen LogP contribution in [0, 0.1) is 21.8 Å². The first-order valence-electron chi connectivity index (χ1n) is 5.94. The first-order valence-corrected chi connectivity index (χ1v) is 5.94. The van der Waals surface area contributed by atoms with Crippen molar-refractivity contribution in [2.75, 3.05) is 6.61 Å². The average Bonchev–Trinajstić information content (AvgIpc) is 3.20. The fourth-order valence-electron chi connectivity index (χ4n) is 1.93. The summed E-state index contributed by atoms with van der Waals surface area (Å²) in [4.78, 5) is 21.2. The number of para-hydroxylation sites is 1. The summed E-state index contributed by atoms with van der Waals surface area (Å²) in [6, 6.07) is 3.25. The van der Waals surface area contributed by atoms with Gasteiger partial charge < -0.3 is 15.6 Å². The predicted molar refractivity (Wildman–Crippen MR) is 65.8 cm³/mol. The molecule has 2 rings (SSSR count). The van der Waals surface area contributed by atoms with E-state index in [4.69, 9.17) is 15.6 Å². The van der Waals surface area contributed by atoms with Gasteiger partial charge in [0.25, 0.3) is 0 Å². The summed E-state index contributed by atoms with van der Waals surface area (Å²) in [6.07, 6.45) is 1.29. The minimum Gasteiger partial charge on any atom is -0.482 e. The minimum absolute atomic E-state index is 0.258. The van der Waals surface area contributed by atoms with Gasteiger partial charge in [-0.2, -0.15) is 0 Å². The van der Waals surface area contributed by atoms with Crippen LogP contribution in [0.15, 0.2) is 18.2 Å².